The van der Waals surface area contributed by atoms with E-state index in [1.54, 1.807) is 7.05 Å². The largest absolute Gasteiger partial charge is 0.332 e. The van der Waals surface area contributed by atoms with Gasteiger partial charge in [-0.25, -0.2) is 14.8 Å². The highest BCUT2D eigenvalue weighted by molar-refractivity contribution is 8.00. The first-order valence-electron chi connectivity index (χ1n) is 10.1. The van der Waals surface area contributed by atoms with Gasteiger partial charge in [0.15, 0.2) is 5.65 Å². The summed E-state index contributed by atoms with van der Waals surface area (Å²) < 4.78 is 2.41. The minimum absolute atomic E-state index is 0.0449. The van der Waals surface area contributed by atoms with Crippen LogP contribution in [0.15, 0.2) is 14.6 Å². The van der Waals surface area contributed by atoms with E-state index < -0.39 is 11.2 Å². The van der Waals surface area contributed by atoms with Gasteiger partial charge < -0.3 is 0 Å². The van der Waals surface area contributed by atoms with Crippen molar-refractivity contribution in [2.75, 3.05) is 11.1 Å². The van der Waals surface area contributed by atoms with Crippen LogP contribution in [0.5, 0.6) is 0 Å². The predicted octanol–water partition coefficient (Wildman–Crippen LogP) is 1.83. The molecule has 0 spiro atoms. The maximum Gasteiger partial charge on any atom is 0.332 e. The summed E-state index contributed by atoms with van der Waals surface area (Å²) in [5, 5.41) is 12.6. The number of aryl methyl sites for hydroxylation is 2. The molecule has 4 rings (SSSR count). The van der Waals surface area contributed by atoms with Gasteiger partial charge in [-0.15, -0.1) is 10.2 Å². The first-order valence-corrected chi connectivity index (χ1v) is 11.9. The van der Waals surface area contributed by atoms with Gasteiger partial charge in [0, 0.05) is 20.0 Å². The number of anilines is 1. The van der Waals surface area contributed by atoms with Crippen LogP contribution in [0.3, 0.4) is 0 Å². The zero-order chi connectivity index (χ0) is 22.1. The van der Waals surface area contributed by atoms with Gasteiger partial charge in [0.05, 0.1) is 5.75 Å². The molecule has 0 saturated heterocycles. The highest BCUT2D eigenvalue weighted by Gasteiger charge is 2.24. The summed E-state index contributed by atoms with van der Waals surface area (Å²) in [5.41, 5.74) is -0.592. The van der Waals surface area contributed by atoms with Crippen LogP contribution >= 0.6 is 23.1 Å². The van der Waals surface area contributed by atoms with Crippen LogP contribution in [0, 0.1) is 0 Å². The number of carbonyl (C=O) groups is 1. The van der Waals surface area contributed by atoms with Crippen molar-refractivity contribution < 1.29 is 4.79 Å². The van der Waals surface area contributed by atoms with Crippen molar-refractivity contribution in [2.45, 2.75) is 50.0 Å². The van der Waals surface area contributed by atoms with Crippen molar-refractivity contribution in [1.29, 1.82) is 0 Å². The SMILES string of the molecule is CCc1nnc(NC(=O)CSc2nc(C3CCCC3)nc3c2c(=O)n(C)c(=O)n3C)s1. The van der Waals surface area contributed by atoms with Crippen LogP contribution in [-0.4, -0.2) is 41.0 Å². The quantitative estimate of drug-likeness (QED) is 0.435. The molecule has 12 heteroatoms. The highest BCUT2D eigenvalue weighted by atomic mass is 32.2. The van der Waals surface area contributed by atoms with Crippen LogP contribution in [-0.2, 0) is 25.3 Å². The Bertz CT molecular complexity index is 1260. The van der Waals surface area contributed by atoms with Crippen molar-refractivity contribution in [1.82, 2.24) is 29.3 Å². The second-order valence-corrected chi connectivity index (χ2v) is 9.49. The molecule has 1 amide bonds. The topological polar surface area (TPSA) is 125 Å². The highest BCUT2D eigenvalue weighted by Crippen LogP contribution is 2.34. The number of amides is 1. The summed E-state index contributed by atoms with van der Waals surface area (Å²) in [6.45, 7) is 1.97. The maximum atomic E-state index is 12.9. The lowest BCUT2D eigenvalue weighted by Crippen LogP contribution is -2.38. The van der Waals surface area contributed by atoms with Gasteiger partial charge in [-0.3, -0.25) is 24.0 Å². The Kier molecular flexibility index (Phi) is 6.19. The van der Waals surface area contributed by atoms with Crippen LogP contribution in [0.2, 0.25) is 0 Å². The van der Waals surface area contributed by atoms with Crippen molar-refractivity contribution in [2.24, 2.45) is 14.1 Å². The molecular weight excluding hydrogens is 438 g/mol. The molecular formula is C19H23N7O3S2. The fraction of sp³-hybridized carbons (Fsp3) is 0.526. The summed E-state index contributed by atoms with van der Waals surface area (Å²) >= 11 is 2.50. The average Bonchev–Trinajstić information content (AvgIpc) is 3.46. The Labute approximate surface area is 186 Å². The molecule has 164 valence electrons. The van der Waals surface area contributed by atoms with Gasteiger partial charge in [0.2, 0.25) is 11.0 Å². The van der Waals surface area contributed by atoms with Crippen LogP contribution in [0.1, 0.15) is 49.4 Å². The van der Waals surface area contributed by atoms with Crippen molar-refractivity contribution in [3.05, 3.63) is 31.7 Å². The number of rotatable bonds is 6. The van der Waals surface area contributed by atoms with E-state index in [1.165, 1.54) is 23.0 Å². The number of fused-ring (bicyclic) bond motifs is 1. The van der Waals surface area contributed by atoms with Gasteiger partial charge in [0.1, 0.15) is 21.2 Å². The second kappa shape index (κ2) is 8.87. The van der Waals surface area contributed by atoms with Gasteiger partial charge in [0.25, 0.3) is 5.56 Å². The molecule has 0 unspecified atom stereocenters. The van der Waals surface area contributed by atoms with Crippen molar-refractivity contribution in [3.8, 4) is 0 Å². The number of carbonyl (C=O) groups excluding carboxylic acids is 1. The number of nitrogens with zero attached hydrogens (tertiary/aromatic N) is 6. The normalized spacial score (nSPS) is 14.4. The molecule has 0 bridgehead atoms. The van der Waals surface area contributed by atoms with E-state index in [1.807, 2.05) is 6.92 Å². The van der Waals surface area contributed by atoms with Crippen LogP contribution in [0.25, 0.3) is 11.0 Å². The zero-order valence-electron chi connectivity index (χ0n) is 17.5. The molecule has 1 N–H and O–H groups in total. The molecule has 31 heavy (non-hydrogen) atoms. The lowest BCUT2D eigenvalue weighted by molar-refractivity contribution is -0.113. The fourth-order valence-electron chi connectivity index (χ4n) is 3.65. The third kappa shape index (κ3) is 4.26. The lowest BCUT2D eigenvalue weighted by Gasteiger charge is -2.14. The van der Waals surface area contributed by atoms with Gasteiger partial charge in [-0.05, 0) is 19.3 Å². The summed E-state index contributed by atoms with van der Waals surface area (Å²) in [4.78, 5) is 47.0. The predicted molar refractivity (Wildman–Crippen MR) is 120 cm³/mol. The number of thioether (sulfide) groups is 1. The molecule has 1 fully saturated rings. The molecule has 1 saturated carbocycles. The standard InChI is InChI=1S/C19H23N7O3S2/c1-4-12-23-24-18(31-12)20-11(27)9-30-16-13-15(25(2)19(29)26(3)17(13)28)21-14(22-16)10-7-5-6-8-10/h10H,4-9H2,1-3H3,(H,20,24,27). The monoisotopic (exact) mass is 461 g/mol. The summed E-state index contributed by atoms with van der Waals surface area (Å²) in [5.74, 6) is 0.613. The van der Waals surface area contributed by atoms with E-state index in [0.717, 1.165) is 53.4 Å². The third-order valence-electron chi connectivity index (χ3n) is 5.36. The minimum atomic E-state index is -0.462. The van der Waals surface area contributed by atoms with Gasteiger partial charge in [-0.1, -0.05) is 42.9 Å². The molecule has 0 aromatic carbocycles. The molecule has 1 aliphatic rings. The smallest absolute Gasteiger partial charge is 0.300 e. The van der Waals surface area contributed by atoms with E-state index in [0.29, 0.717) is 21.6 Å². The maximum absolute atomic E-state index is 12.9. The minimum Gasteiger partial charge on any atom is -0.300 e. The van der Waals surface area contributed by atoms with E-state index in [9.17, 15) is 14.4 Å². The number of aromatic nitrogens is 6. The molecule has 0 atom stereocenters. The van der Waals surface area contributed by atoms with E-state index in [2.05, 4.69) is 25.5 Å². The van der Waals surface area contributed by atoms with Crippen LogP contribution in [0.4, 0.5) is 5.13 Å². The molecule has 0 radical (unpaired) electrons. The molecule has 3 heterocycles. The van der Waals surface area contributed by atoms with E-state index >= 15 is 0 Å². The number of hydrogen-bond donors (Lipinski definition) is 1. The Morgan fingerprint density at radius 1 is 1.16 bits per heavy atom. The van der Waals surface area contributed by atoms with Crippen molar-refractivity contribution >= 4 is 45.2 Å². The number of hydrogen-bond acceptors (Lipinski definition) is 9. The molecule has 1 aliphatic carbocycles. The van der Waals surface area contributed by atoms with Crippen molar-refractivity contribution in [3.63, 3.8) is 0 Å². The molecule has 3 aromatic rings. The van der Waals surface area contributed by atoms with Gasteiger partial charge in [-0.2, -0.15) is 0 Å². The second-order valence-electron chi connectivity index (χ2n) is 7.46. The average molecular weight is 462 g/mol. The number of nitrogens with one attached hydrogen (secondary N) is 1. The Morgan fingerprint density at radius 3 is 2.58 bits per heavy atom. The summed E-state index contributed by atoms with van der Waals surface area (Å²) in [6, 6.07) is 0. The summed E-state index contributed by atoms with van der Waals surface area (Å²) in [6.07, 6.45) is 4.92. The lowest BCUT2D eigenvalue weighted by atomic mass is 10.1. The Morgan fingerprint density at radius 2 is 1.90 bits per heavy atom. The molecule has 0 aliphatic heterocycles. The summed E-state index contributed by atoms with van der Waals surface area (Å²) in [7, 11) is 3.02. The van der Waals surface area contributed by atoms with E-state index in [-0.39, 0.29) is 23.0 Å². The fourth-order valence-corrected chi connectivity index (χ4v) is 5.17. The zero-order valence-corrected chi connectivity index (χ0v) is 19.2. The third-order valence-corrected chi connectivity index (χ3v) is 7.32. The molecule has 10 nitrogen and oxygen atoms in total. The Hall–Kier alpha value is -2.60. The first kappa shape index (κ1) is 21.6. The van der Waals surface area contributed by atoms with E-state index in [4.69, 9.17) is 0 Å². The van der Waals surface area contributed by atoms with Crippen LogP contribution < -0.4 is 16.6 Å². The molecule has 3 aromatic heterocycles. The Balaban J connectivity index is 1.68. The first-order chi connectivity index (χ1) is 14.9. The van der Waals surface area contributed by atoms with Gasteiger partial charge >= 0.3 is 5.69 Å².